The van der Waals surface area contributed by atoms with Crippen LogP contribution in [0.1, 0.15) is 94.7 Å². The third kappa shape index (κ3) is 9.59. The topological polar surface area (TPSA) is 18.5 Å². The first-order valence-corrected chi connectivity index (χ1v) is 14.2. The van der Waals surface area contributed by atoms with Gasteiger partial charge in [-0.2, -0.15) is 8.78 Å². The van der Waals surface area contributed by atoms with Crippen molar-refractivity contribution in [1.82, 2.24) is 0 Å². The van der Waals surface area contributed by atoms with Crippen LogP contribution in [-0.4, -0.2) is 0 Å². The van der Waals surface area contributed by atoms with Gasteiger partial charge in [-0.1, -0.05) is 89.5 Å². The highest BCUT2D eigenvalue weighted by Gasteiger charge is 2.42. The smallest absolute Gasteiger partial charge is 0.432 e. The van der Waals surface area contributed by atoms with Crippen LogP contribution in [0, 0.1) is 17.7 Å². The van der Waals surface area contributed by atoms with Gasteiger partial charge < -0.3 is 9.47 Å². The van der Waals surface area contributed by atoms with Crippen molar-refractivity contribution in [2.75, 3.05) is 0 Å². The van der Waals surface area contributed by atoms with Crippen LogP contribution in [0.25, 0.3) is 0 Å². The molecule has 0 aliphatic rings. The van der Waals surface area contributed by atoms with Crippen molar-refractivity contribution in [1.29, 1.82) is 0 Å². The molecule has 39 heavy (non-hydrogen) atoms. The fourth-order valence-electron chi connectivity index (χ4n) is 4.45. The summed E-state index contributed by atoms with van der Waals surface area (Å²) in [5, 5.41) is 0. The van der Waals surface area contributed by atoms with Gasteiger partial charge in [0.25, 0.3) is 0 Å². The number of halogens is 4. The zero-order valence-corrected chi connectivity index (χ0v) is 23.0. The molecule has 6 heteroatoms. The van der Waals surface area contributed by atoms with E-state index in [9.17, 15) is 13.2 Å². The highest BCUT2D eigenvalue weighted by atomic mass is 19.3. The monoisotopic (exact) mass is 543 g/mol. The van der Waals surface area contributed by atoms with Gasteiger partial charge in [0.15, 0.2) is 11.6 Å². The molecule has 0 aromatic heterocycles. The van der Waals surface area contributed by atoms with E-state index in [0.717, 1.165) is 56.1 Å². The largest absolute Gasteiger partial charge is 0.454 e. The molecule has 3 rings (SSSR count). The first kappa shape index (κ1) is 30.5. The highest BCUT2D eigenvalue weighted by molar-refractivity contribution is 5.38. The Bertz CT molecular complexity index is 1130. The maximum Gasteiger partial charge on any atom is 0.432 e. The molecular weight excluding hydrogens is 504 g/mol. The molecule has 211 valence electrons. The molecule has 3 aromatic rings. The fourth-order valence-corrected chi connectivity index (χ4v) is 4.45. The second-order valence-electron chi connectivity index (χ2n) is 9.99. The predicted octanol–water partition coefficient (Wildman–Crippen LogP) is 10.7. The van der Waals surface area contributed by atoms with Crippen LogP contribution in [0.15, 0.2) is 54.6 Å². The summed E-state index contributed by atoms with van der Waals surface area (Å²) in [6, 6.07) is 16.1. The zero-order chi connectivity index (χ0) is 28.1. The van der Waals surface area contributed by atoms with E-state index in [2.05, 4.69) is 19.9 Å². The zero-order valence-electron chi connectivity index (χ0n) is 23.0. The number of hydrogen-bond donors (Lipinski definition) is 0. The number of hydrogen-bond acceptors (Lipinski definition) is 2. The Morgan fingerprint density at radius 1 is 0.667 bits per heavy atom. The van der Waals surface area contributed by atoms with E-state index in [1.165, 1.54) is 44.2 Å². The molecule has 0 saturated carbocycles. The number of aryl methyl sites for hydroxylation is 2. The van der Waals surface area contributed by atoms with Crippen molar-refractivity contribution >= 4 is 0 Å². The lowest BCUT2D eigenvalue weighted by molar-refractivity contribution is -0.189. The summed E-state index contributed by atoms with van der Waals surface area (Å²) in [6.07, 6.45) is 9.01. The minimum atomic E-state index is -4.26. The van der Waals surface area contributed by atoms with Gasteiger partial charge >= 0.3 is 6.11 Å². The predicted molar refractivity (Wildman–Crippen MR) is 148 cm³/mol. The van der Waals surface area contributed by atoms with Crippen LogP contribution < -0.4 is 9.47 Å². The minimum Gasteiger partial charge on any atom is -0.454 e. The Morgan fingerprint density at radius 2 is 1.15 bits per heavy atom. The van der Waals surface area contributed by atoms with Crippen LogP contribution in [-0.2, 0) is 19.0 Å². The van der Waals surface area contributed by atoms with E-state index in [1.807, 2.05) is 12.1 Å². The van der Waals surface area contributed by atoms with Crippen molar-refractivity contribution in [3.05, 3.63) is 89.0 Å². The summed E-state index contributed by atoms with van der Waals surface area (Å²) >= 11 is 0. The van der Waals surface area contributed by atoms with Gasteiger partial charge in [0.1, 0.15) is 22.9 Å². The summed E-state index contributed by atoms with van der Waals surface area (Å²) in [7, 11) is 0. The maximum atomic E-state index is 15.1. The molecule has 0 saturated heterocycles. The van der Waals surface area contributed by atoms with Crippen LogP contribution in [0.3, 0.4) is 0 Å². The third-order valence-corrected chi connectivity index (χ3v) is 6.73. The second kappa shape index (κ2) is 15.5. The van der Waals surface area contributed by atoms with Gasteiger partial charge in [-0.3, -0.25) is 0 Å². The van der Waals surface area contributed by atoms with E-state index < -0.39 is 29.1 Å². The molecule has 1 radical (unpaired) electrons. The molecule has 0 atom stereocenters. The van der Waals surface area contributed by atoms with Crippen LogP contribution in [0.4, 0.5) is 17.6 Å². The molecule has 0 aliphatic heterocycles. The van der Waals surface area contributed by atoms with E-state index in [-0.39, 0.29) is 11.5 Å². The molecule has 0 unspecified atom stereocenters. The lowest BCUT2D eigenvalue weighted by Crippen LogP contribution is -2.25. The van der Waals surface area contributed by atoms with E-state index in [4.69, 9.17) is 9.47 Å². The standard InChI is InChI=1S/C33H39F4O2/c1-3-5-7-9-10-12-14-26-17-21-28(22-18-26)39-33(36,37)31-29(34)23-24-30(32(31)35)38-27-19-15-25(16-20-27)13-11-8-6-4-2/h15-23H,3-14H2,1-2H3. The minimum absolute atomic E-state index is 0.185. The van der Waals surface area contributed by atoms with Gasteiger partial charge in [-0.25, -0.2) is 8.78 Å². The number of benzene rings is 3. The van der Waals surface area contributed by atoms with Gasteiger partial charge in [0.2, 0.25) is 0 Å². The summed E-state index contributed by atoms with van der Waals surface area (Å²) in [5.74, 6) is -3.59. The Hall–Kier alpha value is -3.02. The van der Waals surface area contributed by atoms with Crippen LogP contribution >= 0.6 is 0 Å². The van der Waals surface area contributed by atoms with Crippen LogP contribution in [0.5, 0.6) is 17.2 Å². The van der Waals surface area contributed by atoms with E-state index in [1.54, 1.807) is 24.3 Å². The molecule has 0 amide bonds. The van der Waals surface area contributed by atoms with Crippen molar-refractivity contribution in [2.24, 2.45) is 0 Å². The second-order valence-corrected chi connectivity index (χ2v) is 9.99. The summed E-state index contributed by atoms with van der Waals surface area (Å²) in [5.41, 5.74) is 0.580. The quantitative estimate of drug-likeness (QED) is 0.125. The maximum absolute atomic E-state index is 15.1. The van der Waals surface area contributed by atoms with Gasteiger partial charge in [-0.05, 0) is 67.1 Å². The Morgan fingerprint density at radius 3 is 1.72 bits per heavy atom. The summed E-state index contributed by atoms with van der Waals surface area (Å²) < 4.78 is 69.7. The van der Waals surface area contributed by atoms with Crippen molar-refractivity contribution in [3.8, 4) is 17.2 Å². The van der Waals surface area contributed by atoms with Crippen molar-refractivity contribution in [3.63, 3.8) is 0 Å². The molecule has 0 heterocycles. The third-order valence-electron chi connectivity index (χ3n) is 6.73. The molecule has 0 aliphatic carbocycles. The summed E-state index contributed by atoms with van der Waals surface area (Å²) in [4.78, 5) is 0. The lowest BCUT2D eigenvalue weighted by atomic mass is 10.0. The SMILES string of the molecule is CCCCCCCCc1ccc(OC(F)(F)c2c(F)c[c]c(Oc3ccc(CCCCCC)cc3)c2F)cc1. The van der Waals surface area contributed by atoms with E-state index in [0.29, 0.717) is 6.07 Å². The van der Waals surface area contributed by atoms with Crippen molar-refractivity contribution < 1.29 is 27.0 Å². The Kier molecular flexibility index (Phi) is 12.2. The molecule has 3 aromatic carbocycles. The molecule has 0 bridgehead atoms. The normalized spacial score (nSPS) is 11.5. The molecule has 2 nitrogen and oxygen atoms in total. The first-order chi connectivity index (χ1) is 18.8. The highest BCUT2D eigenvalue weighted by Crippen LogP contribution is 2.38. The average molecular weight is 544 g/mol. The molecular formula is C33H39F4O2. The molecule has 0 spiro atoms. The van der Waals surface area contributed by atoms with Crippen molar-refractivity contribution in [2.45, 2.75) is 97.0 Å². The number of rotatable bonds is 17. The number of ether oxygens (including phenoxy) is 2. The fraction of sp³-hybridized carbons (Fsp3) is 0.455. The van der Waals surface area contributed by atoms with Crippen LogP contribution in [0.2, 0.25) is 0 Å². The average Bonchev–Trinajstić information content (AvgIpc) is 2.92. The Labute approximate surface area is 230 Å². The molecule has 0 fully saturated rings. The van der Waals surface area contributed by atoms with E-state index >= 15 is 4.39 Å². The molecule has 0 N–H and O–H groups in total. The van der Waals surface area contributed by atoms with Gasteiger partial charge in [-0.15, -0.1) is 0 Å². The Balaban J connectivity index is 1.62. The van der Waals surface area contributed by atoms with Gasteiger partial charge in [0.05, 0.1) is 0 Å². The number of unbranched alkanes of at least 4 members (excludes halogenated alkanes) is 8. The first-order valence-electron chi connectivity index (χ1n) is 14.2. The number of alkyl halides is 2. The summed E-state index contributed by atoms with van der Waals surface area (Å²) in [6.45, 7) is 4.33. The lowest BCUT2D eigenvalue weighted by Gasteiger charge is -2.20. The van der Waals surface area contributed by atoms with Gasteiger partial charge in [0, 0.05) is 6.07 Å².